The van der Waals surface area contributed by atoms with Crippen LogP contribution in [-0.2, 0) is 9.59 Å². The van der Waals surface area contributed by atoms with Crippen LogP contribution in [0.25, 0.3) is 0 Å². The lowest BCUT2D eigenvalue weighted by Gasteiger charge is -2.35. The van der Waals surface area contributed by atoms with Crippen LogP contribution >= 0.6 is 0 Å². The molecule has 2 aliphatic rings. The number of nitrogens with one attached hydrogen (secondary N) is 1. The molecule has 1 aliphatic carbocycles. The Kier molecular flexibility index (Phi) is 4.54. The Labute approximate surface area is 148 Å². The number of hydrogen-bond donors (Lipinski definition) is 1. The van der Waals surface area contributed by atoms with Gasteiger partial charge in [-0.05, 0) is 37.8 Å². The van der Waals surface area contributed by atoms with Gasteiger partial charge in [0.05, 0.1) is 0 Å². The van der Waals surface area contributed by atoms with Gasteiger partial charge < -0.3 is 10.2 Å². The quantitative estimate of drug-likeness (QED) is 0.858. The number of carbonyl (C=O) groups excluding carboxylic acids is 3. The molecule has 6 heteroatoms. The number of imide groups is 1. The Morgan fingerprint density at radius 1 is 1.12 bits per heavy atom. The molecule has 1 saturated heterocycles. The minimum absolute atomic E-state index is 0.226. The van der Waals surface area contributed by atoms with Crippen LogP contribution < -0.4 is 5.32 Å². The van der Waals surface area contributed by atoms with E-state index in [0.29, 0.717) is 12.8 Å². The predicted octanol–water partition coefficient (Wildman–Crippen LogP) is 2.84. The summed E-state index contributed by atoms with van der Waals surface area (Å²) in [6.07, 6.45) is 4.33. The lowest BCUT2D eigenvalue weighted by molar-refractivity contribution is -0.136. The van der Waals surface area contributed by atoms with Crippen LogP contribution in [0, 0.1) is 13.8 Å². The second-order valence-corrected chi connectivity index (χ2v) is 7.14. The molecule has 2 fully saturated rings. The van der Waals surface area contributed by atoms with Crippen LogP contribution in [-0.4, -0.2) is 46.8 Å². The molecule has 1 N–H and O–H groups in total. The third-order valence-corrected chi connectivity index (χ3v) is 5.53. The van der Waals surface area contributed by atoms with Gasteiger partial charge in [0.15, 0.2) is 0 Å². The summed E-state index contributed by atoms with van der Waals surface area (Å²) in [6, 6.07) is 5.39. The molecule has 0 aromatic heterocycles. The Morgan fingerprint density at radius 3 is 2.32 bits per heavy atom. The van der Waals surface area contributed by atoms with Crippen molar-refractivity contribution in [2.45, 2.75) is 51.5 Å². The molecular formula is C19H25N3O3. The summed E-state index contributed by atoms with van der Waals surface area (Å²) in [5.41, 5.74) is 1.91. The largest absolute Gasteiger partial charge is 0.327 e. The number of likely N-dealkylation sites (N-methyl/N-ethyl adjacent to an activating group) is 1. The maximum absolute atomic E-state index is 12.9. The van der Waals surface area contributed by atoms with Gasteiger partial charge in [0.1, 0.15) is 12.1 Å². The van der Waals surface area contributed by atoms with Gasteiger partial charge in [-0.3, -0.25) is 14.5 Å². The maximum Gasteiger partial charge on any atom is 0.327 e. The van der Waals surface area contributed by atoms with Gasteiger partial charge in [-0.2, -0.15) is 0 Å². The molecule has 1 saturated carbocycles. The second kappa shape index (κ2) is 6.50. The standard InChI is InChI=1S/C19H25N3O3/c1-13-8-7-9-14(2)16(13)20-15(23)12-22-17(24)19(21(3)18(22)25)10-5-4-6-11-19/h7-9H,4-6,10-12H2,1-3H3,(H,20,23). The first kappa shape index (κ1) is 17.5. The first-order valence-electron chi connectivity index (χ1n) is 8.82. The van der Waals surface area contributed by atoms with Crippen molar-refractivity contribution in [2.24, 2.45) is 0 Å². The Morgan fingerprint density at radius 2 is 1.72 bits per heavy atom. The highest BCUT2D eigenvalue weighted by Gasteiger charge is 2.55. The van der Waals surface area contributed by atoms with Crippen molar-refractivity contribution in [3.05, 3.63) is 29.3 Å². The van der Waals surface area contributed by atoms with E-state index in [4.69, 9.17) is 0 Å². The molecule has 1 aromatic rings. The smallest absolute Gasteiger partial charge is 0.324 e. The molecule has 134 valence electrons. The number of nitrogens with zero attached hydrogens (tertiary/aromatic N) is 2. The molecule has 4 amide bonds. The monoisotopic (exact) mass is 343 g/mol. The number of hydrogen-bond acceptors (Lipinski definition) is 3. The van der Waals surface area contributed by atoms with E-state index in [0.717, 1.165) is 41.0 Å². The molecule has 0 atom stereocenters. The highest BCUT2D eigenvalue weighted by atomic mass is 16.2. The summed E-state index contributed by atoms with van der Waals surface area (Å²) in [4.78, 5) is 40.6. The molecule has 1 aromatic carbocycles. The molecule has 1 heterocycles. The molecule has 0 unspecified atom stereocenters. The Balaban J connectivity index is 1.75. The summed E-state index contributed by atoms with van der Waals surface area (Å²) >= 11 is 0. The predicted molar refractivity (Wildman–Crippen MR) is 95.2 cm³/mol. The van der Waals surface area contributed by atoms with Gasteiger partial charge >= 0.3 is 6.03 Å². The topological polar surface area (TPSA) is 69.7 Å². The first-order valence-corrected chi connectivity index (χ1v) is 8.82. The van der Waals surface area contributed by atoms with Crippen LogP contribution in [0.15, 0.2) is 18.2 Å². The Bertz CT molecular complexity index is 702. The lowest BCUT2D eigenvalue weighted by atomic mass is 9.81. The number of aryl methyl sites for hydroxylation is 2. The molecule has 0 bridgehead atoms. The van der Waals surface area contributed by atoms with Gasteiger partial charge in [0.2, 0.25) is 5.91 Å². The second-order valence-electron chi connectivity index (χ2n) is 7.14. The van der Waals surface area contributed by atoms with Gasteiger partial charge in [0, 0.05) is 12.7 Å². The fourth-order valence-corrected chi connectivity index (χ4v) is 4.01. The fraction of sp³-hybridized carbons (Fsp3) is 0.526. The molecular weight excluding hydrogens is 318 g/mol. The van der Waals surface area contributed by atoms with E-state index in [-0.39, 0.29) is 24.4 Å². The summed E-state index contributed by atoms with van der Waals surface area (Å²) in [5.74, 6) is -0.572. The normalized spacial score (nSPS) is 19.6. The van der Waals surface area contributed by atoms with E-state index in [1.807, 2.05) is 32.0 Å². The number of urea groups is 1. The summed E-state index contributed by atoms with van der Waals surface area (Å²) < 4.78 is 0. The highest BCUT2D eigenvalue weighted by Crippen LogP contribution is 2.39. The molecule has 1 spiro atoms. The summed E-state index contributed by atoms with van der Waals surface area (Å²) in [7, 11) is 1.68. The SMILES string of the molecule is Cc1cccc(C)c1NC(=O)CN1C(=O)N(C)C2(CCCCC2)C1=O. The molecule has 25 heavy (non-hydrogen) atoms. The van der Waals surface area contributed by atoms with E-state index < -0.39 is 5.54 Å². The highest BCUT2D eigenvalue weighted by molar-refractivity contribution is 6.10. The molecule has 3 rings (SSSR count). The van der Waals surface area contributed by atoms with Crippen molar-refractivity contribution in [3.63, 3.8) is 0 Å². The zero-order chi connectivity index (χ0) is 18.2. The average Bonchev–Trinajstić information content (AvgIpc) is 2.75. The van der Waals surface area contributed by atoms with Crippen molar-refractivity contribution in [1.29, 1.82) is 0 Å². The van der Waals surface area contributed by atoms with Crippen LogP contribution in [0.4, 0.5) is 10.5 Å². The van der Waals surface area contributed by atoms with Gasteiger partial charge in [-0.15, -0.1) is 0 Å². The van der Waals surface area contributed by atoms with E-state index >= 15 is 0 Å². The van der Waals surface area contributed by atoms with Crippen molar-refractivity contribution >= 4 is 23.5 Å². The van der Waals surface area contributed by atoms with Crippen molar-refractivity contribution in [1.82, 2.24) is 9.80 Å². The number of benzene rings is 1. The minimum Gasteiger partial charge on any atom is -0.324 e. The molecule has 1 aliphatic heterocycles. The number of anilines is 1. The number of rotatable bonds is 3. The zero-order valence-electron chi connectivity index (χ0n) is 15.1. The van der Waals surface area contributed by atoms with Crippen LogP contribution in [0.2, 0.25) is 0 Å². The Hall–Kier alpha value is -2.37. The number of para-hydroxylation sites is 1. The van der Waals surface area contributed by atoms with Crippen LogP contribution in [0.1, 0.15) is 43.2 Å². The number of carbonyl (C=O) groups is 3. The maximum atomic E-state index is 12.9. The van der Waals surface area contributed by atoms with Crippen LogP contribution in [0.5, 0.6) is 0 Å². The molecule has 6 nitrogen and oxygen atoms in total. The van der Waals surface area contributed by atoms with Gasteiger partial charge in [-0.25, -0.2) is 4.79 Å². The minimum atomic E-state index is -0.742. The summed E-state index contributed by atoms with van der Waals surface area (Å²) in [6.45, 7) is 3.59. The molecule has 0 radical (unpaired) electrons. The van der Waals surface area contributed by atoms with Gasteiger partial charge in [0.25, 0.3) is 5.91 Å². The fourth-order valence-electron chi connectivity index (χ4n) is 4.01. The van der Waals surface area contributed by atoms with Crippen molar-refractivity contribution in [2.75, 3.05) is 18.9 Å². The van der Waals surface area contributed by atoms with Gasteiger partial charge in [-0.1, -0.05) is 37.5 Å². The summed E-state index contributed by atoms with van der Waals surface area (Å²) in [5, 5.41) is 2.85. The third-order valence-electron chi connectivity index (χ3n) is 5.53. The average molecular weight is 343 g/mol. The van der Waals surface area contributed by atoms with E-state index in [1.54, 1.807) is 11.9 Å². The zero-order valence-corrected chi connectivity index (χ0v) is 15.1. The third kappa shape index (κ3) is 2.90. The first-order chi connectivity index (χ1) is 11.9. The van der Waals surface area contributed by atoms with Crippen molar-refractivity contribution in [3.8, 4) is 0 Å². The van der Waals surface area contributed by atoms with Crippen LogP contribution in [0.3, 0.4) is 0 Å². The van der Waals surface area contributed by atoms with E-state index in [1.165, 1.54) is 0 Å². The lowest BCUT2D eigenvalue weighted by Crippen LogP contribution is -2.49. The number of amides is 4. The van der Waals surface area contributed by atoms with E-state index in [2.05, 4.69) is 5.32 Å². The van der Waals surface area contributed by atoms with E-state index in [9.17, 15) is 14.4 Å². The van der Waals surface area contributed by atoms with Crippen molar-refractivity contribution < 1.29 is 14.4 Å².